The Balaban J connectivity index is 1.78. The summed E-state index contributed by atoms with van der Waals surface area (Å²) < 4.78 is 0. The summed E-state index contributed by atoms with van der Waals surface area (Å²) in [7, 11) is 0. The number of carboxylic acids is 1. The molecule has 0 fully saturated rings. The van der Waals surface area contributed by atoms with Crippen molar-refractivity contribution in [1.82, 2.24) is 9.88 Å². The molecule has 3 rings (SSSR count). The largest absolute Gasteiger partial charge is 0.478 e. The van der Waals surface area contributed by atoms with E-state index in [1.165, 1.54) is 4.88 Å². The summed E-state index contributed by atoms with van der Waals surface area (Å²) in [4.78, 5) is 19.5. The topological polar surface area (TPSA) is 53.4 Å². The van der Waals surface area contributed by atoms with Gasteiger partial charge in [0.05, 0.1) is 11.3 Å². The van der Waals surface area contributed by atoms with Crippen LogP contribution in [0, 0.1) is 6.92 Å². The molecular weight excluding hydrogens is 284 g/mol. The van der Waals surface area contributed by atoms with Crippen molar-refractivity contribution in [2.24, 2.45) is 0 Å². The quantitative estimate of drug-likeness (QED) is 0.947. The molecule has 0 radical (unpaired) electrons. The van der Waals surface area contributed by atoms with E-state index in [1.807, 2.05) is 6.07 Å². The van der Waals surface area contributed by atoms with Crippen molar-refractivity contribution in [3.8, 4) is 0 Å². The number of fused-ring (bicyclic) bond motifs is 1. The van der Waals surface area contributed by atoms with E-state index in [9.17, 15) is 9.90 Å². The molecule has 0 aliphatic carbocycles. The molecule has 110 valence electrons. The monoisotopic (exact) mass is 302 g/mol. The van der Waals surface area contributed by atoms with E-state index in [0.717, 1.165) is 43.7 Å². The van der Waals surface area contributed by atoms with Crippen LogP contribution in [-0.4, -0.2) is 34.0 Å². The van der Waals surface area contributed by atoms with Crippen LogP contribution < -0.4 is 0 Å². The number of thiophene rings is 1. The lowest BCUT2D eigenvalue weighted by Crippen LogP contribution is -2.25. The van der Waals surface area contributed by atoms with Crippen LogP contribution in [0.15, 0.2) is 23.6 Å². The van der Waals surface area contributed by atoms with Gasteiger partial charge in [0, 0.05) is 36.6 Å². The van der Waals surface area contributed by atoms with E-state index in [1.54, 1.807) is 18.3 Å². The van der Waals surface area contributed by atoms with E-state index in [0.29, 0.717) is 11.3 Å². The number of aromatic carboxylic acids is 1. The summed E-state index contributed by atoms with van der Waals surface area (Å²) in [5, 5.41) is 11.3. The van der Waals surface area contributed by atoms with E-state index >= 15 is 0 Å². The van der Waals surface area contributed by atoms with Gasteiger partial charge in [0.25, 0.3) is 0 Å². The molecule has 4 nitrogen and oxygen atoms in total. The van der Waals surface area contributed by atoms with Gasteiger partial charge in [-0.15, -0.1) is 11.3 Å². The van der Waals surface area contributed by atoms with Crippen molar-refractivity contribution in [3.63, 3.8) is 0 Å². The fraction of sp³-hybridized carbons (Fsp3) is 0.375. The van der Waals surface area contributed by atoms with E-state index in [4.69, 9.17) is 0 Å². The summed E-state index contributed by atoms with van der Waals surface area (Å²) in [6, 6.07) is 6.05. The molecule has 0 saturated heterocycles. The number of rotatable bonds is 3. The van der Waals surface area contributed by atoms with Crippen LogP contribution in [0.25, 0.3) is 0 Å². The number of aryl methyl sites for hydroxylation is 1. The van der Waals surface area contributed by atoms with Gasteiger partial charge >= 0.3 is 5.97 Å². The zero-order valence-electron chi connectivity index (χ0n) is 12.0. The Morgan fingerprint density at radius 1 is 1.43 bits per heavy atom. The molecule has 1 aliphatic rings. The number of carbonyl (C=O) groups is 1. The average Bonchev–Trinajstić information content (AvgIpc) is 2.87. The SMILES string of the molecule is Cc1nc2c(cc1C(=O)O)CCN(Cc1cccs1)CC2. The lowest BCUT2D eigenvalue weighted by molar-refractivity contribution is 0.0695. The van der Waals surface area contributed by atoms with E-state index < -0.39 is 5.97 Å². The zero-order chi connectivity index (χ0) is 14.8. The minimum absolute atomic E-state index is 0.334. The highest BCUT2D eigenvalue weighted by molar-refractivity contribution is 7.09. The Morgan fingerprint density at radius 3 is 2.95 bits per heavy atom. The number of carboxylic acid groups (broad SMARTS) is 1. The van der Waals surface area contributed by atoms with Gasteiger partial charge in [-0.05, 0) is 36.4 Å². The van der Waals surface area contributed by atoms with Crippen LogP contribution in [0.1, 0.15) is 32.2 Å². The number of nitrogens with zero attached hydrogens (tertiary/aromatic N) is 2. The van der Waals surface area contributed by atoms with E-state index in [2.05, 4.69) is 27.4 Å². The van der Waals surface area contributed by atoms with Crippen molar-refractivity contribution in [3.05, 3.63) is 51.0 Å². The Kier molecular flexibility index (Phi) is 4.03. The predicted octanol–water partition coefficient (Wildman–Crippen LogP) is 2.75. The maximum absolute atomic E-state index is 11.2. The maximum atomic E-state index is 11.2. The third kappa shape index (κ3) is 3.14. The van der Waals surface area contributed by atoms with Gasteiger partial charge in [-0.2, -0.15) is 0 Å². The first kappa shape index (κ1) is 14.2. The molecule has 0 bridgehead atoms. The van der Waals surface area contributed by atoms with Gasteiger partial charge < -0.3 is 5.11 Å². The molecule has 1 N–H and O–H groups in total. The number of aromatic nitrogens is 1. The Labute approximate surface area is 128 Å². The highest BCUT2D eigenvalue weighted by atomic mass is 32.1. The molecule has 2 aromatic rings. The summed E-state index contributed by atoms with van der Waals surface area (Å²) in [6.07, 6.45) is 1.76. The van der Waals surface area contributed by atoms with Crippen molar-refractivity contribution in [1.29, 1.82) is 0 Å². The second-order valence-corrected chi connectivity index (χ2v) is 6.42. The molecule has 0 amide bonds. The molecule has 21 heavy (non-hydrogen) atoms. The molecule has 1 aliphatic heterocycles. The summed E-state index contributed by atoms with van der Waals surface area (Å²) >= 11 is 1.78. The summed E-state index contributed by atoms with van der Waals surface area (Å²) in [5.41, 5.74) is 3.10. The molecular formula is C16H18N2O2S. The van der Waals surface area contributed by atoms with Gasteiger partial charge in [0.2, 0.25) is 0 Å². The minimum Gasteiger partial charge on any atom is -0.478 e. The number of hydrogen-bond acceptors (Lipinski definition) is 4. The van der Waals surface area contributed by atoms with Crippen LogP contribution >= 0.6 is 11.3 Å². The third-order valence-electron chi connectivity index (χ3n) is 3.93. The van der Waals surface area contributed by atoms with Crippen molar-refractivity contribution >= 4 is 17.3 Å². The first-order valence-corrected chi connectivity index (χ1v) is 7.99. The molecule has 5 heteroatoms. The van der Waals surface area contributed by atoms with Gasteiger partial charge in [-0.1, -0.05) is 6.07 Å². The standard InChI is InChI=1S/C16H18N2O2S/c1-11-14(16(19)20)9-12-4-6-18(7-5-15(12)17-11)10-13-3-2-8-21-13/h2-3,8-9H,4-7,10H2,1H3,(H,19,20). The van der Waals surface area contributed by atoms with Crippen LogP contribution in [0.2, 0.25) is 0 Å². The molecule has 0 atom stereocenters. The highest BCUT2D eigenvalue weighted by Gasteiger charge is 2.19. The summed E-state index contributed by atoms with van der Waals surface area (Å²) in [6.45, 7) is 4.67. The van der Waals surface area contributed by atoms with Crippen molar-refractivity contribution in [2.75, 3.05) is 13.1 Å². The van der Waals surface area contributed by atoms with Gasteiger partial charge in [0.1, 0.15) is 0 Å². The predicted molar refractivity (Wildman–Crippen MR) is 82.9 cm³/mol. The van der Waals surface area contributed by atoms with Gasteiger partial charge in [-0.25, -0.2) is 4.79 Å². The first-order chi connectivity index (χ1) is 10.1. The average molecular weight is 302 g/mol. The van der Waals surface area contributed by atoms with Gasteiger partial charge in [0.15, 0.2) is 0 Å². The maximum Gasteiger partial charge on any atom is 0.337 e. The van der Waals surface area contributed by atoms with E-state index in [-0.39, 0.29) is 0 Å². The second-order valence-electron chi connectivity index (χ2n) is 5.39. The van der Waals surface area contributed by atoms with Crippen LogP contribution in [0.4, 0.5) is 0 Å². The van der Waals surface area contributed by atoms with Crippen molar-refractivity contribution in [2.45, 2.75) is 26.3 Å². The van der Waals surface area contributed by atoms with Crippen molar-refractivity contribution < 1.29 is 9.90 Å². The smallest absolute Gasteiger partial charge is 0.337 e. The second kappa shape index (κ2) is 5.95. The Morgan fingerprint density at radius 2 is 2.24 bits per heavy atom. The minimum atomic E-state index is -0.887. The fourth-order valence-electron chi connectivity index (χ4n) is 2.78. The molecule has 0 spiro atoms. The third-order valence-corrected chi connectivity index (χ3v) is 4.79. The molecule has 0 saturated carbocycles. The highest BCUT2D eigenvalue weighted by Crippen LogP contribution is 2.20. The molecule has 3 heterocycles. The Hall–Kier alpha value is -1.72. The van der Waals surface area contributed by atoms with Gasteiger partial charge in [-0.3, -0.25) is 9.88 Å². The first-order valence-electron chi connectivity index (χ1n) is 7.11. The zero-order valence-corrected chi connectivity index (χ0v) is 12.8. The molecule has 0 aromatic carbocycles. The molecule has 0 unspecified atom stereocenters. The lowest BCUT2D eigenvalue weighted by atomic mass is 10.0. The van der Waals surface area contributed by atoms with Crippen LogP contribution in [-0.2, 0) is 19.4 Å². The molecule has 2 aromatic heterocycles. The Bertz CT molecular complexity index is 653. The normalized spacial score (nSPS) is 15.5. The summed E-state index contributed by atoms with van der Waals surface area (Å²) in [5.74, 6) is -0.887. The van der Waals surface area contributed by atoms with Crippen LogP contribution in [0.5, 0.6) is 0 Å². The van der Waals surface area contributed by atoms with Crippen LogP contribution in [0.3, 0.4) is 0 Å². The fourth-order valence-corrected chi connectivity index (χ4v) is 3.53. The number of pyridine rings is 1. The lowest BCUT2D eigenvalue weighted by Gasteiger charge is -2.18. The number of hydrogen-bond donors (Lipinski definition) is 1.